The molecular weight excluding hydrogens is 351 g/mol. The lowest BCUT2D eigenvalue weighted by Gasteiger charge is -2.09. The van der Waals surface area contributed by atoms with E-state index >= 15 is 0 Å². The molecule has 0 atom stereocenters. The van der Waals surface area contributed by atoms with Crippen LogP contribution in [0.1, 0.15) is 21.6 Å². The molecule has 0 amide bonds. The Hall–Kier alpha value is -3.48. The molecule has 0 bridgehead atoms. The number of nitrogens with zero attached hydrogens (tertiary/aromatic N) is 1. The summed E-state index contributed by atoms with van der Waals surface area (Å²) in [5.74, 6) is -0.282. The van der Waals surface area contributed by atoms with E-state index < -0.39 is 5.82 Å². The molecule has 3 rings (SSSR count). The minimum absolute atomic E-state index is 0.0104. The second kappa shape index (κ2) is 8.27. The van der Waals surface area contributed by atoms with Crippen LogP contribution in [-0.2, 0) is 6.42 Å². The first-order chi connectivity index (χ1) is 13.0. The average molecular weight is 368 g/mol. The van der Waals surface area contributed by atoms with Crippen molar-refractivity contribution in [2.24, 2.45) is 0 Å². The molecule has 138 valence electrons. The van der Waals surface area contributed by atoms with Crippen LogP contribution in [0.4, 0.5) is 4.39 Å². The topological polar surface area (TPSA) is 81.3 Å². The van der Waals surface area contributed by atoms with Crippen LogP contribution >= 0.6 is 0 Å². The second-order valence-corrected chi connectivity index (χ2v) is 5.80. The van der Waals surface area contributed by atoms with Crippen LogP contribution < -0.4 is 15.0 Å². The van der Waals surface area contributed by atoms with E-state index in [0.29, 0.717) is 23.4 Å². The van der Waals surface area contributed by atoms with Crippen molar-refractivity contribution in [1.29, 1.82) is 0 Å². The number of H-pyrrole nitrogens is 1. The maximum atomic E-state index is 13.4. The summed E-state index contributed by atoms with van der Waals surface area (Å²) in [4.78, 5) is 23.3. The Morgan fingerprint density at radius 2 is 2.00 bits per heavy atom. The highest BCUT2D eigenvalue weighted by Gasteiger charge is 2.11. The van der Waals surface area contributed by atoms with Gasteiger partial charge in [0.15, 0.2) is 24.0 Å². The third-order valence-electron chi connectivity index (χ3n) is 3.86. The van der Waals surface area contributed by atoms with Crippen molar-refractivity contribution in [3.05, 3.63) is 87.6 Å². The normalized spacial score (nSPS) is 10.4. The van der Waals surface area contributed by atoms with Crippen molar-refractivity contribution in [3.63, 3.8) is 0 Å². The van der Waals surface area contributed by atoms with Gasteiger partial charge in [0.1, 0.15) is 5.75 Å². The number of rotatable bonds is 7. The first kappa shape index (κ1) is 18.3. The van der Waals surface area contributed by atoms with Crippen molar-refractivity contribution >= 4 is 5.78 Å². The van der Waals surface area contributed by atoms with Gasteiger partial charge in [0.2, 0.25) is 0 Å². The molecule has 1 aromatic heterocycles. The summed E-state index contributed by atoms with van der Waals surface area (Å²) in [5, 5.41) is 6.35. The lowest BCUT2D eigenvalue weighted by molar-refractivity contribution is 0.0921. The summed E-state index contributed by atoms with van der Waals surface area (Å²) in [6.07, 6.45) is 0.511. The molecular formula is C20H17FN2O4. The second-order valence-electron chi connectivity index (χ2n) is 5.80. The van der Waals surface area contributed by atoms with Gasteiger partial charge in [-0.15, -0.1) is 0 Å². The van der Waals surface area contributed by atoms with Crippen molar-refractivity contribution in [3.8, 4) is 11.5 Å². The van der Waals surface area contributed by atoms with Gasteiger partial charge in [0.25, 0.3) is 5.56 Å². The van der Waals surface area contributed by atoms with Gasteiger partial charge in [-0.2, -0.15) is 5.10 Å². The highest BCUT2D eigenvalue weighted by atomic mass is 19.1. The van der Waals surface area contributed by atoms with Gasteiger partial charge >= 0.3 is 0 Å². The van der Waals surface area contributed by atoms with Gasteiger partial charge < -0.3 is 9.47 Å². The fourth-order valence-electron chi connectivity index (χ4n) is 2.49. The standard InChI is InChI=1S/C20H17FN2O4/c1-26-19-11-14(5-7-17(19)21)18(24)12-27-16-4-2-3-13(10-16)9-15-6-8-20(25)23-22-15/h2-8,10-11H,9,12H2,1H3,(H,23,25). The monoisotopic (exact) mass is 368 g/mol. The number of Topliss-reactive ketones (excluding diaryl/α,β-unsaturated/α-hetero) is 1. The van der Waals surface area contributed by atoms with Gasteiger partial charge in [-0.05, 0) is 42.0 Å². The number of ketones is 1. The van der Waals surface area contributed by atoms with Crippen molar-refractivity contribution in [1.82, 2.24) is 10.2 Å². The Balaban J connectivity index is 1.65. The zero-order chi connectivity index (χ0) is 19.2. The van der Waals surface area contributed by atoms with E-state index in [2.05, 4.69) is 10.2 Å². The number of halogens is 1. The van der Waals surface area contributed by atoms with Crippen molar-refractivity contribution < 1.29 is 18.7 Å². The summed E-state index contributed by atoms with van der Waals surface area (Å²) in [6, 6.07) is 14.2. The first-order valence-electron chi connectivity index (χ1n) is 8.18. The highest BCUT2D eigenvalue weighted by Crippen LogP contribution is 2.20. The minimum Gasteiger partial charge on any atom is -0.494 e. The molecule has 6 nitrogen and oxygen atoms in total. The fourth-order valence-corrected chi connectivity index (χ4v) is 2.49. The first-order valence-corrected chi connectivity index (χ1v) is 8.18. The number of carbonyl (C=O) groups excluding carboxylic acids is 1. The lowest BCUT2D eigenvalue weighted by atomic mass is 10.1. The Bertz CT molecular complexity index is 996. The Morgan fingerprint density at radius 1 is 1.15 bits per heavy atom. The molecule has 0 spiro atoms. The summed E-state index contributed by atoms with van der Waals surface area (Å²) in [5.41, 5.74) is 1.68. The van der Waals surface area contributed by atoms with Gasteiger partial charge in [-0.25, -0.2) is 9.49 Å². The molecule has 2 aromatic carbocycles. The zero-order valence-corrected chi connectivity index (χ0v) is 14.6. The minimum atomic E-state index is -0.529. The number of hydrogen-bond donors (Lipinski definition) is 1. The number of carbonyl (C=O) groups is 1. The van der Waals surface area contributed by atoms with Crippen LogP contribution in [0.15, 0.2) is 59.4 Å². The Kier molecular flexibility index (Phi) is 5.61. The van der Waals surface area contributed by atoms with E-state index in [4.69, 9.17) is 9.47 Å². The Morgan fingerprint density at radius 3 is 2.74 bits per heavy atom. The third-order valence-corrected chi connectivity index (χ3v) is 3.86. The summed E-state index contributed by atoms with van der Waals surface area (Å²) < 4.78 is 23.9. The molecule has 0 radical (unpaired) electrons. The lowest BCUT2D eigenvalue weighted by Crippen LogP contribution is -2.12. The SMILES string of the molecule is COc1cc(C(=O)COc2cccc(Cc3ccc(=O)[nH]n3)c2)ccc1F. The number of ether oxygens (including phenoxy) is 2. The highest BCUT2D eigenvalue weighted by molar-refractivity contribution is 5.97. The molecule has 0 saturated heterocycles. The van der Waals surface area contributed by atoms with Crippen LogP contribution in [0.5, 0.6) is 11.5 Å². The van der Waals surface area contributed by atoms with E-state index in [9.17, 15) is 14.0 Å². The molecule has 3 aromatic rings. The van der Waals surface area contributed by atoms with E-state index in [1.807, 2.05) is 12.1 Å². The number of benzene rings is 2. The van der Waals surface area contributed by atoms with Crippen LogP contribution in [-0.4, -0.2) is 29.7 Å². The number of nitrogens with one attached hydrogen (secondary N) is 1. The number of aromatic nitrogens is 2. The van der Waals surface area contributed by atoms with Gasteiger partial charge in [-0.1, -0.05) is 12.1 Å². The fraction of sp³-hybridized carbons (Fsp3) is 0.150. The zero-order valence-electron chi connectivity index (χ0n) is 14.6. The van der Waals surface area contributed by atoms with E-state index in [-0.39, 0.29) is 23.7 Å². The molecule has 0 unspecified atom stereocenters. The van der Waals surface area contributed by atoms with Crippen molar-refractivity contribution in [2.45, 2.75) is 6.42 Å². The van der Waals surface area contributed by atoms with E-state index in [0.717, 1.165) is 5.56 Å². The van der Waals surface area contributed by atoms with Gasteiger partial charge in [0, 0.05) is 18.1 Å². The predicted octanol–water partition coefficient (Wildman–Crippen LogP) is 2.77. The van der Waals surface area contributed by atoms with Gasteiger partial charge in [0.05, 0.1) is 12.8 Å². The maximum absolute atomic E-state index is 13.4. The molecule has 0 saturated carbocycles. The molecule has 0 fully saturated rings. The largest absolute Gasteiger partial charge is 0.494 e. The van der Waals surface area contributed by atoms with E-state index in [1.54, 1.807) is 18.2 Å². The summed E-state index contributed by atoms with van der Waals surface area (Å²) in [7, 11) is 1.34. The number of hydrogen-bond acceptors (Lipinski definition) is 5. The quantitative estimate of drug-likeness (QED) is 0.649. The molecule has 27 heavy (non-hydrogen) atoms. The molecule has 0 aliphatic rings. The number of aromatic amines is 1. The maximum Gasteiger partial charge on any atom is 0.264 e. The Labute approximate surface area is 154 Å². The van der Waals surface area contributed by atoms with Crippen LogP contribution in [0.3, 0.4) is 0 Å². The summed E-state index contributed by atoms with van der Waals surface area (Å²) >= 11 is 0. The predicted molar refractivity (Wildman–Crippen MR) is 96.9 cm³/mol. The molecule has 0 aliphatic carbocycles. The third kappa shape index (κ3) is 4.78. The molecule has 7 heteroatoms. The van der Waals surface area contributed by atoms with Gasteiger partial charge in [-0.3, -0.25) is 9.59 Å². The molecule has 1 heterocycles. The average Bonchev–Trinajstić information content (AvgIpc) is 2.68. The summed E-state index contributed by atoms with van der Waals surface area (Å²) in [6.45, 7) is -0.185. The van der Waals surface area contributed by atoms with Crippen molar-refractivity contribution in [2.75, 3.05) is 13.7 Å². The van der Waals surface area contributed by atoms with Crippen LogP contribution in [0.25, 0.3) is 0 Å². The van der Waals surface area contributed by atoms with Crippen LogP contribution in [0.2, 0.25) is 0 Å². The van der Waals surface area contributed by atoms with E-state index in [1.165, 1.54) is 31.4 Å². The van der Waals surface area contributed by atoms with Crippen LogP contribution in [0, 0.1) is 5.82 Å². The smallest absolute Gasteiger partial charge is 0.264 e. The number of methoxy groups -OCH3 is 1. The molecule has 0 aliphatic heterocycles. The molecule has 1 N–H and O–H groups in total.